The molecule has 1 heterocycles. The molecule has 0 saturated carbocycles. The molecular weight excluding hydrogens is 564 g/mol. The maximum absolute atomic E-state index is 11.9. The third kappa shape index (κ3) is 7.57. The van der Waals surface area contributed by atoms with E-state index in [0.717, 1.165) is 63.3 Å². The van der Waals surface area contributed by atoms with Crippen LogP contribution in [-0.2, 0) is 17.8 Å². The zero-order valence-electron chi connectivity index (χ0n) is 25.7. The van der Waals surface area contributed by atoms with Crippen LogP contribution in [0.4, 0.5) is 5.69 Å². The van der Waals surface area contributed by atoms with E-state index in [1.807, 2.05) is 97.9 Å². The number of amides is 1. The van der Waals surface area contributed by atoms with Crippen LogP contribution in [0.3, 0.4) is 0 Å². The van der Waals surface area contributed by atoms with Crippen LogP contribution in [0.5, 0.6) is 17.2 Å². The van der Waals surface area contributed by atoms with E-state index in [1.165, 1.54) is 0 Å². The number of nitrogens with zero attached hydrogens (tertiary/aromatic N) is 2. The number of carbonyl (C=O) groups is 1. The maximum Gasteiger partial charge on any atom is 0.221 e. The number of carbonyl (C=O) groups excluding carboxylic acids is 1. The number of aromatic nitrogens is 1. The van der Waals surface area contributed by atoms with E-state index in [-0.39, 0.29) is 12.3 Å². The fourth-order valence-electron chi connectivity index (χ4n) is 5.50. The van der Waals surface area contributed by atoms with Gasteiger partial charge in [0.1, 0.15) is 23.3 Å². The summed E-state index contributed by atoms with van der Waals surface area (Å²) in [6, 6.07) is 33.1. The van der Waals surface area contributed by atoms with E-state index in [9.17, 15) is 10.1 Å². The average molecular weight is 603 g/mol. The lowest BCUT2D eigenvalue weighted by atomic mass is 10.1. The van der Waals surface area contributed by atoms with Gasteiger partial charge in [-0.2, -0.15) is 5.26 Å². The summed E-state index contributed by atoms with van der Waals surface area (Å²) in [5, 5.41) is 14.1. The summed E-state index contributed by atoms with van der Waals surface area (Å²) < 4.78 is 20.0. The minimum atomic E-state index is -0.529. The third-order valence-electron chi connectivity index (χ3n) is 7.81. The number of rotatable bonds is 15. The summed E-state index contributed by atoms with van der Waals surface area (Å²) in [7, 11) is 1.63. The Balaban J connectivity index is 1.20. The fraction of sp³-hybridized carbons (Fsp3) is 0.243. The van der Waals surface area contributed by atoms with E-state index in [0.29, 0.717) is 25.5 Å². The standard InChI is InChI=1S/C37H38N4O4/c1-26-31(23-37(39)42)32-22-29(43-2)18-19-34(32)41(26)25-27-12-6-8-16-35(27)44-20-10-11-21-45-36-17-9-7-15-30(36)33(24-38)40-28-13-4-3-5-14-28/h3-9,12-19,22,33,40H,10-11,20-21,23,25H2,1-2H3,(H2,39,42). The van der Waals surface area contributed by atoms with E-state index in [1.54, 1.807) is 7.11 Å². The van der Waals surface area contributed by atoms with Crippen LogP contribution in [0.1, 0.15) is 41.3 Å². The second-order valence-corrected chi connectivity index (χ2v) is 10.8. The van der Waals surface area contributed by atoms with Gasteiger partial charge in [0.05, 0.1) is 39.4 Å². The molecule has 5 rings (SSSR count). The molecule has 1 amide bonds. The highest BCUT2D eigenvalue weighted by Crippen LogP contribution is 2.32. The van der Waals surface area contributed by atoms with Crippen molar-refractivity contribution in [3.8, 4) is 23.3 Å². The maximum atomic E-state index is 11.9. The molecule has 4 aromatic carbocycles. The zero-order valence-corrected chi connectivity index (χ0v) is 25.7. The van der Waals surface area contributed by atoms with Crippen molar-refractivity contribution in [2.24, 2.45) is 5.73 Å². The molecule has 1 unspecified atom stereocenters. The van der Waals surface area contributed by atoms with Crippen LogP contribution in [0.15, 0.2) is 97.1 Å². The molecule has 8 heteroatoms. The topological polar surface area (TPSA) is 112 Å². The van der Waals surface area contributed by atoms with Crippen LogP contribution in [0.2, 0.25) is 0 Å². The van der Waals surface area contributed by atoms with E-state index in [2.05, 4.69) is 22.0 Å². The van der Waals surface area contributed by atoms with E-state index >= 15 is 0 Å². The molecule has 8 nitrogen and oxygen atoms in total. The van der Waals surface area contributed by atoms with Gasteiger partial charge in [-0.15, -0.1) is 0 Å². The van der Waals surface area contributed by atoms with Crippen molar-refractivity contribution in [2.75, 3.05) is 25.6 Å². The predicted molar refractivity (Wildman–Crippen MR) is 177 cm³/mol. The molecule has 0 fully saturated rings. The van der Waals surface area contributed by atoms with Crippen molar-refractivity contribution in [1.82, 2.24) is 4.57 Å². The SMILES string of the molecule is COc1ccc2c(c1)c(CC(N)=O)c(C)n2Cc1ccccc1OCCCCOc1ccccc1C(C#N)Nc1ccccc1. The van der Waals surface area contributed by atoms with Crippen LogP contribution in [-0.4, -0.2) is 30.8 Å². The number of nitriles is 1. The first-order valence-corrected chi connectivity index (χ1v) is 15.1. The highest BCUT2D eigenvalue weighted by Gasteiger charge is 2.18. The Morgan fingerprint density at radius 2 is 1.58 bits per heavy atom. The Labute approximate surface area is 264 Å². The van der Waals surface area contributed by atoms with Crippen molar-refractivity contribution >= 4 is 22.5 Å². The quantitative estimate of drug-likeness (QED) is 0.126. The molecule has 0 aliphatic heterocycles. The molecule has 0 spiro atoms. The second kappa shape index (κ2) is 14.8. The molecule has 5 aromatic rings. The van der Waals surface area contributed by atoms with Gasteiger partial charge < -0.3 is 29.8 Å². The van der Waals surface area contributed by atoms with Crippen molar-refractivity contribution in [1.29, 1.82) is 5.26 Å². The van der Waals surface area contributed by atoms with Gasteiger partial charge in [0, 0.05) is 33.4 Å². The molecule has 0 aliphatic carbocycles. The van der Waals surface area contributed by atoms with E-state index < -0.39 is 6.04 Å². The van der Waals surface area contributed by atoms with Gasteiger partial charge in [0.15, 0.2) is 0 Å². The molecule has 0 aliphatic rings. The normalized spacial score (nSPS) is 11.5. The first-order valence-electron chi connectivity index (χ1n) is 15.1. The lowest BCUT2D eigenvalue weighted by Gasteiger charge is -2.17. The minimum Gasteiger partial charge on any atom is -0.497 e. The van der Waals surface area contributed by atoms with Crippen molar-refractivity contribution in [2.45, 2.75) is 38.8 Å². The Morgan fingerprint density at radius 1 is 0.911 bits per heavy atom. The summed E-state index contributed by atoms with van der Waals surface area (Å²) in [6.45, 7) is 3.64. The Kier molecular flexibility index (Phi) is 10.2. The lowest BCUT2D eigenvalue weighted by molar-refractivity contribution is -0.117. The highest BCUT2D eigenvalue weighted by molar-refractivity contribution is 5.91. The van der Waals surface area contributed by atoms with Crippen LogP contribution >= 0.6 is 0 Å². The molecule has 1 atom stereocenters. The first kappa shape index (κ1) is 31.0. The van der Waals surface area contributed by atoms with Crippen molar-refractivity contribution in [3.63, 3.8) is 0 Å². The molecule has 1 aromatic heterocycles. The third-order valence-corrected chi connectivity index (χ3v) is 7.81. The number of para-hydroxylation sites is 3. The lowest BCUT2D eigenvalue weighted by Crippen LogP contribution is -2.14. The van der Waals surface area contributed by atoms with Gasteiger partial charge in [0.25, 0.3) is 0 Å². The average Bonchev–Trinajstić information content (AvgIpc) is 3.31. The van der Waals surface area contributed by atoms with Crippen molar-refractivity contribution in [3.05, 3.63) is 119 Å². The van der Waals surface area contributed by atoms with Crippen LogP contribution in [0, 0.1) is 18.3 Å². The summed E-state index contributed by atoms with van der Waals surface area (Å²) in [6.07, 6.45) is 1.75. The Hall–Kier alpha value is -5.42. The van der Waals surface area contributed by atoms with Gasteiger partial charge in [-0.05, 0) is 67.8 Å². The van der Waals surface area contributed by atoms with E-state index in [4.69, 9.17) is 19.9 Å². The van der Waals surface area contributed by atoms with Crippen LogP contribution < -0.4 is 25.3 Å². The molecule has 0 bridgehead atoms. The number of primary amides is 1. The minimum absolute atomic E-state index is 0.161. The number of nitrogens with two attached hydrogens (primary N) is 1. The summed E-state index contributed by atoms with van der Waals surface area (Å²) in [4.78, 5) is 11.9. The number of nitrogens with one attached hydrogen (secondary N) is 1. The number of benzene rings is 4. The van der Waals surface area contributed by atoms with Gasteiger partial charge in [-0.3, -0.25) is 4.79 Å². The summed E-state index contributed by atoms with van der Waals surface area (Å²) in [5.41, 5.74) is 11.2. The number of unbranched alkanes of at least 4 members (excludes halogenated alkanes) is 1. The van der Waals surface area contributed by atoms with Gasteiger partial charge >= 0.3 is 0 Å². The second-order valence-electron chi connectivity index (χ2n) is 10.8. The molecule has 45 heavy (non-hydrogen) atoms. The monoisotopic (exact) mass is 602 g/mol. The van der Waals surface area contributed by atoms with Gasteiger partial charge in [0.2, 0.25) is 5.91 Å². The number of hydrogen-bond donors (Lipinski definition) is 2. The molecular formula is C37H38N4O4. The molecule has 0 saturated heterocycles. The Morgan fingerprint density at radius 3 is 2.29 bits per heavy atom. The number of methoxy groups -OCH3 is 1. The fourth-order valence-corrected chi connectivity index (χ4v) is 5.50. The highest BCUT2D eigenvalue weighted by atomic mass is 16.5. The first-order chi connectivity index (χ1) is 22.0. The largest absolute Gasteiger partial charge is 0.497 e. The van der Waals surface area contributed by atoms with Crippen LogP contribution in [0.25, 0.3) is 10.9 Å². The molecule has 230 valence electrons. The van der Waals surface area contributed by atoms with Crippen molar-refractivity contribution < 1.29 is 19.0 Å². The molecule has 0 radical (unpaired) electrons. The molecule has 3 N–H and O–H groups in total. The predicted octanol–water partition coefficient (Wildman–Crippen LogP) is 6.95. The summed E-state index contributed by atoms with van der Waals surface area (Å²) in [5.74, 6) is 1.88. The van der Waals surface area contributed by atoms with Gasteiger partial charge in [-0.25, -0.2) is 0 Å². The number of anilines is 1. The number of fused-ring (bicyclic) bond motifs is 1. The zero-order chi connectivity index (χ0) is 31.6. The van der Waals surface area contributed by atoms with Gasteiger partial charge in [-0.1, -0.05) is 54.6 Å². The summed E-state index contributed by atoms with van der Waals surface area (Å²) >= 11 is 0. The number of hydrogen-bond acceptors (Lipinski definition) is 6. The Bertz CT molecular complexity index is 1790. The number of ether oxygens (including phenoxy) is 3. The smallest absolute Gasteiger partial charge is 0.221 e.